The van der Waals surface area contributed by atoms with E-state index in [0.717, 1.165) is 24.7 Å². The van der Waals surface area contributed by atoms with E-state index in [1.165, 1.54) is 11.1 Å². The fourth-order valence-corrected chi connectivity index (χ4v) is 1.77. The highest BCUT2D eigenvalue weighted by Gasteiger charge is 2.05. The van der Waals surface area contributed by atoms with Crippen molar-refractivity contribution in [3.63, 3.8) is 0 Å². The number of hydrogen-bond acceptors (Lipinski definition) is 1. The Morgan fingerprint density at radius 3 is 2.28 bits per heavy atom. The minimum Gasteiger partial charge on any atom is -0.358 e. The monoisotopic (exact) mass is 260 g/mol. The first-order valence-electron chi connectivity index (χ1n) is 5.97. The van der Waals surface area contributed by atoms with Gasteiger partial charge in [-0.25, -0.2) is 0 Å². The molecule has 0 unspecified atom stereocenters. The Morgan fingerprint density at radius 2 is 1.78 bits per heavy atom. The molecule has 0 saturated heterocycles. The van der Waals surface area contributed by atoms with Gasteiger partial charge in [-0.3, -0.25) is 0 Å². The van der Waals surface area contributed by atoms with Crippen LogP contribution in [0.2, 0.25) is 0 Å². The number of nitrogens with one attached hydrogen (secondary N) is 1. The molecule has 0 spiro atoms. The molecule has 1 aromatic carbocycles. The molecule has 0 radical (unpaired) electrons. The van der Waals surface area contributed by atoms with E-state index >= 15 is 0 Å². The van der Waals surface area contributed by atoms with Gasteiger partial charge in [0.2, 0.25) is 0 Å². The molecule has 0 aromatic heterocycles. The summed E-state index contributed by atoms with van der Waals surface area (Å²) >= 11 is 5.35. The second kappa shape index (κ2) is 7.67. The first-order valence-corrected chi connectivity index (χ1v) is 6.38. The predicted molar refractivity (Wildman–Crippen MR) is 82.6 cm³/mol. The van der Waals surface area contributed by atoms with Gasteiger partial charge in [-0.1, -0.05) is 42.0 Å². The quantitative estimate of drug-likeness (QED) is 0.625. The molecule has 0 aliphatic carbocycles. The normalized spacial score (nSPS) is 9.61. The van der Waals surface area contributed by atoms with Gasteiger partial charge in [0.15, 0.2) is 5.11 Å². The van der Waals surface area contributed by atoms with Gasteiger partial charge in [0.25, 0.3) is 0 Å². The lowest BCUT2D eigenvalue weighted by Gasteiger charge is -2.23. The highest BCUT2D eigenvalue weighted by atomic mass is 32.1. The van der Waals surface area contributed by atoms with E-state index < -0.39 is 0 Å². The smallest absolute Gasteiger partial charge is 0.169 e. The Kier molecular flexibility index (Phi) is 6.15. The van der Waals surface area contributed by atoms with Crippen molar-refractivity contribution >= 4 is 17.3 Å². The largest absolute Gasteiger partial charge is 0.358 e. The number of rotatable bonds is 6. The summed E-state index contributed by atoms with van der Waals surface area (Å²) in [5.74, 6) is 0. The van der Waals surface area contributed by atoms with Gasteiger partial charge < -0.3 is 10.2 Å². The van der Waals surface area contributed by atoms with Crippen LogP contribution in [-0.2, 0) is 6.54 Å². The minimum absolute atomic E-state index is 0.728. The SMILES string of the molecule is C=CCN(CC=C)C(=S)NCc1ccc(C)cc1. The maximum absolute atomic E-state index is 5.35. The zero-order valence-electron chi connectivity index (χ0n) is 10.9. The van der Waals surface area contributed by atoms with Crippen LogP contribution in [0, 0.1) is 6.92 Å². The van der Waals surface area contributed by atoms with E-state index in [2.05, 4.69) is 49.7 Å². The zero-order valence-corrected chi connectivity index (χ0v) is 11.7. The number of nitrogens with zero attached hydrogens (tertiary/aromatic N) is 1. The molecule has 1 N–H and O–H groups in total. The van der Waals surface area contributed by atoms with E-state index in [4.69, 9.17) is 12.2 Å². The van der Waals surface area contributed by atoms with E-state index in [-0.39, 0.29) is 0 Å². The summed E-state index contributed by atoms with van der Waals surface area (Å²) in [6, 6.07) is 8.42. The molecule has 0 bridgehead atoms. The van der Waals surface area contributed by atoms with Crippen LogP contribution in [0.25, 0.3) is 0 Å². The van der Waals surface area contributed by atoms with Crippen molar-refractivity contribution in [3.8, 4) is 0 Å². The van der Waals surface area contributed by atoms with Gasteiger partial charge in [-0.2, -0.15) is 0 Å². The van der Waals surface area contributed by atoms with E-state index in [9.17, 15) is 0 Å². The molecule has 0 amide bonds. The number of hydrogen-bond donors (Lipinski definition) is 1. The lowest BCUT2D eigenvalue weighted by molar-refractivity contribution is 0.501. The van der Waals surface area contributed by atoms with Crippen molar-refractivity contribution in [3.05, 3.63) is 60.7 Å². The van der Waals surface area contributed by atoms with Crippen LogP contribution in [0.15, 0.2) is 49.6 Å². The number of benzene rings is 1. The lowest BCUT2D eigenvalue weighted by atomic mass is 10.1. The molecule has 0 aliphatic heterocycles. The molecule has 1 aromatic rings. The molecule has 0 atom stereocenters. The van der Waals surface area contributed by atoms with Crippen molar-refractivity contribution in [1.82, 2.24) is 10.2 Å². The highest BCUT2D eigenvalue weighted by Crippen LogP contribution is 2.03. The second-order valence-corrected chi connectivity index (χ2v) is 4.51. The minimum atomic E-state index is 0.728. The van der Waals surface area contributed by atoms with Gasteiger partial charge in [0, 0.05) is 19.6 Å². The van der Waals surface area contributed by atoms with Crippen LogP contribution >= 0.6 is 12.2 Å². The van der Waals surface area contributed by atoms with Gasteiger partial charge in [0.05, 0.1) is 0 Å². The van der Waals surface area contributed by atoms with E-state index in [1.54, 1.807) is 0 Å². The molecular formula is C15H20N2S. The summed E-state index contributed by atoms with van der Waals surface area (Å²) in [7, 11) is 0. The van der Waals surface area contributed by atoms with Crippen molar-refractivity contribution in [2.75, 3.05) is 13.1 Å². The molecule has 1 rings (SSSR count). The third kappa shape index (κ3) is 4.72. The first kappa shape index (κ1) is 14.5. The van der Waals surface area contributed by atoms with Crippen molar-refractivity contribution < 1.29 is 0 Å². The van der Waals surface area contributed by atoms with Crippen LogP contribution in [-0.4, -0.2) is 23.1 Å². The molecule has 0 fully saturated rings. The molecule has 96 valence electrons. The lowest BCUT2D eigenvalue weighted by Crippen LogP contribution is -2.39. The molecule has 18 heavy (non-hydrogen) atoms. The molecule has 2 nitrogen and oxygen atoms in total. The van der Waals surface area contributed by atoms with Crippen LogP contribution in [0.1, 0.15) is 11.1 Å². The third-order valence-electron chi connectivity index (χ3n) is 2.55. The average molecular weight is 260 g/mol. The summed E-state index contributed by atoms with van der Waals surface area (Å²) in [4.78, 5) is 2.02. The standard InChI is InChI=1S/C15H20N2S/c1-4-10-17(11-5-2)15(18)16-12-14-8-6-13(3)7-9-14/h4-9H,1-2,10-12H2,3H3,(H,16,18). The predicted octanol–water partition coefficient (Wildman–Crippen LogP) is 3.04. The highest BCUT2D eigenvalue weighted by molar-refractivity contribution is 7.80. The summed E-state index contributed by atoms with van der Waals surface area (Å²) in [5, 5.41) is 3.98. The summed E-state index contributed by atoms with van der Waals surface area (Å²) in [5.41, 5.74) is 2.49. The van der Waals surface area contributed by atoms with Crippen LogP contribution in [0.5, 0.6) is 0 Å². The summed E-state index contributed by atoms with van der Waals surface area (Å²) < 4.78 is 0. The third-order valence-corrected chi connectivity index (χ3v) is 2.95. The number of aryl methyl sites for hydroxylation is 1. The Labute approximate surface area is 115 Å². The zero-order chi connectivity index (χ0) is 13.4. The number of thiocarbonyl (C=S) groups is 1. The Bertz CT molecular complexity index is 399. The maximum atomic E-state index is 5.35. The van der Waals surface area contributed by atoms with E-state index in [1.807, 2.05) is 17.1 Å². The van der Waals surface area contributed by atoms with Gasteiger partial charge in [0.1, 0.15) is 0 Å². The Morgan fingerprint density at radius 1 is 1.22 bits per heavy atom. The first-order chi connectivity index (χ1) is 8.67. The van der Waals surface area contributed by atoms with Crippen molar-refractivity contribution in [2.45, 2.75) is 13.5 Å². The van der Waals surface area contributed by atoms with Crippen LogP contribution < -0.4 is 5.32 Å². The molecule has 0 saturated carbocycles. The Hall–Kier alpha value is -1.61. The van der Waals surface area contributed by atoms with Gasteiger partial charge in [-0.15, -0.1) is 13.2 Å². The van der Waals surface area contributed by atoms with E-state index in [0.29, 0.717) is 0 Å². The fourth-order valence-electron chi connectivity index (χ4n) is 1.55. The van der Waals surface area contributed by atoms with Crippen molar-refractivity contribution in [1.29, 1.82) is 0 Å². The average Bonchev–Trinajstić information content (AvgIpc) is 2.37. The van der Waals surface area contributed by atoms with Gasteiger partial charge >= 0.3 is 0 Å². The second-order valence-electron chi connectivity index (χ2n) is 4.13. The van der Waals surface area contributed by atoms with Crippen molar-refractivity contribution in [2.24, 2.45) is 0 Å². The van der Waals surface area contributed by atoms with Crippen LogP contribution in [0.4, 0.5) is 0 Å². The molecule has 3 heteroatoms. The van der Waals surface area contributed by atoms with Gasteiger partial charge in [-0.05, 0) is 24.7 Å². The van der Waals surface area contributed by atoms with Crippen LogP contribution in [0.3, 0.4) is 0 Å². The maximum Gasteiger partial charge on any atom is 0.169 e. The molecular weight excluding hydrogens is 240 g/mol. The fraction of sp³-hybridized carbons (Fsp3) is 0.267. The topological polar surface area (TPSA) is 15.3 Å². The summed E-state index contributed by atoms with van der Waals surface area (Å²) in [6.07, 6.45) is 3.67. The molecule has 0 aliphatic rings. The Balaban J connectivity index is 2.50. The summed E-state index contributed by atoms with van der Waals surface area (Å²) in [6.45, 7) is 11.7. The molecule has 0 heterocycles.